The minimum atomic E-state index is -0.247. The molecule has 28 heavy (non-hydrogen) atoms. The number of anilines is 1. The molecule has 1 amide bonds. The zero-order chi connectivity index (χ0) is 20.1. The van der Waals surface area contributed by atoms with Gasteiger partial charge in [0.15, 0.2) is 0 Å². The smallest absolute Gasteiger partial charge is 0.275 e. The van der Waals surface area contributed by atoms with E-state index in [2.05, 4.69) is 24.1 Å². The highest BCUT2D eigenvalue weighted by molar-refractivity contribution is 6.37. The van der Waals surface area contributed by atoms with Crippen molar-refractivity contribution in [3.63, 3.8) is 0 Å². The summed E-state index contributed by atoms with van der Waals surface area (Å²) in [7, 11) is 0. The number of fused-ring (bicyclic) bond motifs is 1. The van der Waals surface area contributed by atoms with Gasteiger partial charge in [-0.1, -0.05) is 55.2 Å². The number of carbonyl (C=O) groups excluding carboxylic acids is 1. The van der Waals surface area contributed by atoms with Crippen molar-refractivity contribution in [3.05, 3.63) is 75.5 Å². The molecule has 1 N–H and O–H groups in total. The molecule has 0 unspecified atom stereocenters. The van der Waals surface area contributed by atoms with E-state index in [0.717, 1.165) is 37.1 Å². The predicted octanol–water partition coefficient (Wildman–Crippen LogP) is 5.75. The maximum absolute atomic E-state index is 12.9. The summed E-state index contributed by atoms with van der Waals surface area (Å²) in [6.07, 6.45) is 3.82. The first-order valence-electron chi connectivity index (χ1n) is 9.44. The van der Waals surface area contributed by atoms with Crippen LogP contribution in [0.4, 0.5) is 5.69 Å². The molecule has 0 aromatic heterocycles. The van der Waals surface area contributed by atoms with E-state index in [4.69, 9.17) is 28.2 Å². The number of hydrogen-bond donors (Lipinski definition) is 1. The molecule has 0 bridgehead atoms. The summed E-state index contributed by atoms with van der Waals surface area (Å²) in [5.74, 6) is -0.247. The lowest BCUT2D eigenvalue weighted by atomic mass is 10.0. The Labute approximate surface area is 175 Å². The number of rotatable bonds is 6. The molecule has 6 heteroatoms. The predicted molar refractivity (Wildman–Crippen MR) is 117 cm³/mol. The molecule has 2 aromatic carbocycles. The number of amides is 1. The first-order valence-corrected chi connectivity index (χ1v) is 10.2. The van der Waals surface area contributed by atoms with E-state index in [1.54, 1.807) is 18.2 Å². The van der Waals surface area contributed by atoms with Gasteiger partial charge in [-0.3, -0.25) is 4.79 Å². The number of benzodiazepines with no additional fused rings is 1. The molecule has 0 radical (unpaired) electrons. The van der Waals surface area contributed by atoms with Gasteiger partial charge in [-0.25, -0.2) is 4.99 Å². The molecule has 0 spiro atoms. The van der Waals surface area contributed by atoms with Crippen LogP contribution < -0.4 is 5.32 Å². The van der Waals surface area contributed by atoms with Crippen molar-refractivity contribution < 1.29 is 4.79 Å². The van der Waals surface area contributed by atoms with Gasteiger partial charge in [-0.05, 0) is 37.1 Å². The molecule has 1 aliphatic rings. The third kappa shape index (κ3) is 4.57. The molecular weight excluding hydrogens is 393 g/mol. The second-order valence-electron chi connectivity index (χ2n) is 6.63. The number of halogens is 2. The molecule has 2 aromatic rings. The molecule has 0 fully saturated rings. The second-order valence-corrected chi connectivity index (χ2v) is 7.48. The molecular formula is C22H23Cl2N3O. The summed E-state index contributed by atoms with van der Waals surface area (Å²) in [6, 6.07) is 12.8. The minimum Gasteiger partial charge on any atom is -0.375 e. The number of carbonyl (C=O) groups is 1. The summed E-state index contributed by atoms with van der Waals surface area (Å²) in [5, 5.41) is 4.10. The van der Waals surface area contributed by atoms with Gasteiger partial charge < -0.3 is 10.2 Å². The molecule has 1 aliphatic heterocycles. The molecule has 0 atom stereocenters. The van der Waals surface area contributed by atoms with Crippen LogP contribution in [0, 0.1) is 0 Å². The van der Waals surface area contributed by atoms with Crippen LogP contribution in [-0.2, 0) is 4.79 Å². The van der Waals surface area contributed by atoms with Gasteiger partial charge in [0.1, 0.15) is 5.70 Å². The summed E-state index contributed by atoms with van der Waals surface area (Å²) in [4.78, 5) is 19.8. The van der Waals surface area contributed by atoms with Gasteiger partial charge in [0, 0.05) is 40.5 Å². The van der Waals surface area contributed by atoms with Crippen molar-refractivity contribution in [1.29, 1.82) is 0 Å². The monoisotopic (exact) mass is 415 g/mol. The fourth-order valence-corrected chi connectivity index (χ4v) is 3.57. The van der Waals surface area contributed by atoms with Gasteiger partial charge in [0.2, 0.25) is 0 Å². The lowest BCUT2D eigenvalue weighted by Gasteiger charge is -2.19. The zero-order valence-corrected chi connectivity index (χ0v) is 17.5. The minimum absolute atomic E-state index is 0.247. The summed E-state index contributed by atoms with van der Waals surface area (Å²) < 4.78 is 0. The molecule has 4 nitrogen and oxygen atoms in total. The number of nitrogens with zero attached hydrogens (tertiary/aromatic N) is 2. The Balaban J connectivity index is 2.19. The van der Waals surface area contributed by atoms with E-state index in [0.29, 0.717) is 27.1 Å². The highest BCUT2D eigenvalue weighted by Crippen LogP contribution is 2.30. The Morgan fingerprint density at radius 1 is 1.04 bits per heavy atom. The summed E-state index contributed by atoms with van der Waals surface area (Å²) in [5.41, 5.74) is 3.14. The van der Waals surface area contributed by atoms with Crippen LogP contribution in [0.2, 0.25) is 10.0 Å². The summed E-state index contributed by atoms with van der Waals surface area (Å²) in [6.45, 7) is 5.95. The standard InChI is InChI=1S/C22H23Cl2N3O/c1-3-11-27(12-4-2)14-20-22(28)26-19-10-9-15(23)13-17(19)21(25-20)16-7-5-6-8-18(16)24/h5-10,13-14H,3-4,11-12H2,1-2H3,(H,26,28). The van der Waals surface area contributed by atoms with Crippen molar-refractivity contribution in [3.8, 4) is 0 Å². The number of hydrogen-bond acceptors (Lipinski definition) is 3. The maximum Gasteiger partial charge on any atom is 0.275 e. The van der Waals surface area contributed by atoms with Crippen molar-refractivity contribution in [2.45, 2.75) is 26.7 Å². The molecule has 146 valence electrons. The van der Waals surface area contributed by atoms with Crippen molar-refractivity contribution in [1.82, 2.24) is 4.90 Å². The van der Waals surface area contributed by atoms with Crippen molar-refractivity contribution in [2.75, 3.05) is 18.4 Å². The SMILES string of the molecule is CCCN(C=C1N=C(c2ccccc2Cl)c2cc(Cl)ccc2NC1=O)CCC. The fraction of sp³-hybridized carbons (Fsp3) is 0.273. The first kappa shape index (κ1) is 20.4. The Morgan fingerprint density at radius 3 is 2.43 bits per heavy atom. The van der Waals surface area contributed by atoms with E-state index in [9.17, 15) is 4.79 Å². The average molecular weight is 416 g/mol. The fourth-order valence-electron chi connectivity index (χ4n) is 3.17. The van der Waals surface area contributed by atoms with E-state index >= 15 is 0 Å². The Morgan fingerprint density at radius 2 is 1.75 bits per heavy atom. The van der Waals surface area contributed by atoms with Crippen LogP contribution in [0.3, 0.4) is 0 Å². The second kappa shape index (κ2) is 9.26. The lowest BCUT2D eigenvalue weighted by molar-refractivity contribution is -0.112. The number of benzene rings is 2. The zero-order valence-electron chi connectivity index (χ0n) is 16.0. The highest BCUT2D eigenvalue weighted by atomic mass is 35.5. The van der Waals surface area contributed by atoms with Gasteiger partial charge in [0.25, 0.3) is 5.91 Å². The average Bonchev–Trinajstić information content (AvgIpc) is 2.79. The first-order chi connectivity index (χ1) is 13.5. The van der Waals surface area contributed by atoms with Crippen LogP contribution in [0.25, 0.3) is 0 Å². The maximum atomic E-state index is 12.9. The largest absolute Gasteiger partial charge is 0.375 e. The van der Waals surface area contributed by atoms with Crippen LogP contribution in [0.5, 0.6) is 0 Å². The molecule has 3 rings (SSSR count). The molecule has 0 aliphatic carbocycles. The quantitative estimate of drug-likeness (QED) is 0.610. The van der Waals surface area contributed by atoms with Crippen molar-refractivity contribution in [2.24, 2.45) is 4.99 Å². The van der Waals surface area contributed by atoms with Gasteiger partial charge in [0.05, 0.1) is 11.4 Å². The third-order valence-corrected chi connectivity index (χ3v) is 4.97. The molecule has 1 heterocycles. The van der Waals surface area contributed by atoms with Crippen LogP contribution in [-0.4, -0.2) is 29.6 Å². The molecule has 0 saturated heterocycles. The summed E-state index contributed by atoms with van der Waals surface area (Å²) >= 11 is 12.7. The van der Waals surface area contributed by atoms with Crippen LogP contribution >= 0.6 is 23.2 Å². The van der Waals surface area contributed by atoms with Gasteiger partial charge in [-0.2, -0.15) is 0 Å². The lowest BCUT2D eigenvalue weighted by Crippen LogP contribution is -2.22. The third-order valence-electron chi connectivity index (χ3n) is 4.41. The Hall–Kier alpha value is -2.30. The molecule has 0 saturated carbocycles. The van der Waals surface area contributed by atoms with E-state index in [1.165, 1.54) is 0 Å². The van der Waals surface area contributed by atoms with E-state index in [-0.39, 0.29) is 5.91 Å². The number of aliphatic imine (C=N–C) groups is 1. The topological polar surface area (TPSA) is 44.7 Å². The van der Waals surface area contributed by atoms with E-state index in [1.807, 2.05) is 30.5 Å². The van der Waals surface area contributed by atoms with Gasteiger partial charge >= 0.3 is 0 Å². The Kier molecular flexibility index (Phi) is 6.76. The van der Waals surface area contributed by atoms with E-state index < -0.39 is 0 Å². The number of nitrogens with one attached hydrogen (secondary N) is 1. The van der Waals surface area contributed by atoms with Gasteiger partial charge in [-0.15, -0.1) is 0 Å². The van der Waals surface area contributed by atoms with Crippen LogP contribution in [0.15, 0.2) is 59.4 Å². The van der Waals surface area contributed by atoms with Crippen molar-refractivity contribution >= 4 is 40.5 Å². The van der Waals surface area contributed by atoms with Crippen LogP contribution in [0.1, 0.15) is 37.8 Å². The Bertz CT molecular complexity index is 931. The highest BCUT2D eigenvalue weighted by Gasteiger charge is 2.23. The normalized spacial score (nSPS) is 14.9.